The van der Waals surface area contributed by atoms with Crippen molar-refractivity contribution in [1.29, 1.82) is 0 Å². The van der Waals surface area contributed by atoms with Crippen LogP contribution in [0.3, 0.4) is 0 Å². The van der Waals surface area contributed by atoms with E-state index in [1.54, 1.807) is 18.2 Å². The third-order valence-electron chi connectivity index (χ3n) is 7.83. The Bertz CT molecular complexity index is 1360. The molecular weight excluding hydrogens is 519 g/mol. The molecule has 3 aliphatic carbocycles. The Morgan fingerprint density at radius 1 is 0.861 bits per heavy atom. The number of carbonyl (C=O) groups is 3. The number of nitrogens with one attached hydrogen (secondary N) is 1. The summed E-state index contributed by atoms with van der Waals surface area (Å²) in [6.07, 6.45) is 0. The first kappa shape index (κ1) is 23.5. The molecule has 7 rings (SSSR count). The molecular formula is C28H21Cl3N2O3. The summed E-state index contributed by atoms with van der Waals surface area (Å²) in [7, 11) is 0. The predicted molar refractivity (Wildman–Crippen MR) is 139 cm³/mol. The smallest absolute Gasteiger partial charge is 0.247 e. The van der Waals surface area contributed by atoms with Crippen molar-refractivity contribution in [2.45, 2.75) is 29.6 Å². The average Bonchev–Trinajstić information content (AvgIpc) is 3.15. The highest BCUT2D eigenvalue weighted by atomic mass is 35.5. The minimum absolute atomic E-state index is 0.474. The van der Waals surface area contributed by atoms with Crippen molar-refractivity contribution in [3.63, 3.8) is 0 Å². The van der Waals surface area contributed by atoms with Crippen LogP contribution in [0.1, 0.15) is 34.7 Å². The standard InChI is InChI=1S/C28H21Cl3N2O3/c1-14-11-12-16(13-21(14)29)32-24(34)15(2)33-25(35)22-23(26(33)36)28(31)18-8-4-3-7-17(18)27(22,30)19-9-5-6-10-20(19)28/h3-13,15,22-23H,1-2H3,(H,32,34)/t15-,22+,23+,27?,28?/m0/s1. The number of nitrogens with zero attached hydrogens (tertiary/aromatic N) is 1. The van der Waals surface area contributed by atoms with Gasteiger partial charge in [0.25, 0.3) is 0 Å². The van der Waals surface area contributed by atoms with Crippen LogP contribution in [-0.4, -0.2) is 28.7 Å². The average molecular weight is 540 g/mol. The molecule has 182 valence electrons. The van der Waals surface area contributed by atoms with Crippen LogP contribution >= 0.6 is 34.8 Å². The van der Waals surface area contributed by atoms with Gasteiger partial charge in [-0.3, -0.25) is 19.3 Å². The molecule has 0 spiro atoms. The van der Waals surface area contributed by atoms with E-state index < -0.39 is 45.3 Å². The minimum atomic E-state index is -1.28. The van der Waals surface area contributed by atoms with Crippen LogP contribution in [-0.2, 0) is 24.1 Å². The summed E-state index contributed by atoms with van der Waals surface area (Å²) >= 11 is 21.0. The highest BCUT2D eigenvalue weighted by molar-refractivity contribution is 6.36. The van der Waals surface area contributed by atoms with Crippen LogP contribution in [0.5, 0.6) is 0 Å². The predicted octanol–water partition coefficient (Wildman–Crippen LogP) is 5.57. The molecule has 4 aliphatic rings. The molecule has 0 saturated carbocycles. The number of rotatable bonds is 3. The van der Waals surface area contributed by atoms with E-state index >= 15 is 0 Å². The lowest BCUT2D eigenvalue weighted by Gasteiger charge is -2.54. The number of likely N-dealkylation sites (tertiary alicyclic amines) is 1. The lowest BCUT2D eigenvalue weighted by atomic mass is 9.54. The van der Waals surface area contributed by atoms with Gasteiger partial charge in [-0.15, -0.1) is 23.2 Å². The molecule has 1 fully saturated rings. The summed E-state index contributed by atoms with van der Waals surface area (Å²) in [5.41, 5.74) is 4.21. The summed E-state index contributed by atoms with van der Waals surface area (Å²) in [5, 5.41) is 3.27. The Morgan fingerprint density at radius 3 is 1.72 bits per heavy atom. The van der Waals surface area contributed by atoms with Crippen molar-refractivity contribution in [2.24, 2.45) is 11.8 Å². The van der Waals surface area contributed by atoms with E-state index in [9.17, 15) is 14.4 Å². The highest BCUT2D eigenvalue weighted by Gasteiger charge is 2.73. The van der Waals surface area contributed by atoms with Gasteiger partial charge in [0.2, 0.25) is 17.7 Å². The van der Waals surface area contributed by atoms with E-state index in [2.05, 4.69) is 5.32 Å². The topological polar surface area (TPSA) is 66.5 Å². The van der Waals surface area contributed by atoms with Crippen LogP contribution in [0.25, 0.3) is 0 Å². The Hall–Kier alpha value is -2.86. The Morgan fingerprint density at radius 2 is 1.31 bits per heavy atom. The fourth-order valence-electron chi connectivity index (χ4n) is 6.10. The molecule has 3 atom stereocenters. The molecule has 1 saturated heterocycles. The van der Waals surface area contributed by atoms with E-state index in [0.29, 0.717) is 10.7 Å². The first-order chi connectivity index (χ1) is 17.1. The summed E-state index contributed by atoms with van der Waals surface area (Å²) in [5.74, 6) is -3.40. The second-order valence-corrected chi connectivity index (χ2v) is 11.2. The van der Waals surface area contributed by atoms with Crippen LogP contribution in [0, 0.1) is 18.8 Å². The number of hydrogen-bond donors (Lipinski definition) is 1. The highest BCUT2D eigenvalue weighted by Crippen LogP contribution is 2.69. The van der Waals surface area contributed by atoms with Crippen molar-refractivity contribution in [3.05, 3.63) is 99.6 Å². The fraction of sp³-hybridized carbons (Fsp3) is 0.250. The van der Waals surface area contributed by atoms with Crippen molar-refractivity contribution < 1.29 is 14.4 Å². The molecule has 1 aliphatic heterocycles. The molecule has 0 radical (unpaired) electrons. The minimum Gasteiger partial charge on any atom is -0.324 e. The van der Waals surface area contributed by atoms with Gasteiger partial charge in [-0.25, -0.2) is 0 Å². The number of amides is 3. The van der Waals surface area contributed by atoms with Gasteiger partial charge in [0, 0.05) is 10.7 Å². The maximum atomic E-state index is 14.0. The molecule has 36 heavy (non-hydrogen) atoms. The monoisotopic (exact) mass is 538 g/mol. The van der Waals surface area contributed by atoms with Gasteiger partial charge < -0.3 is 5.32 Å². The largest absolute Gasteiger partial charge is 0.324 e. The lowest BCUT2D eigenvalue weighted by molar-refractivity contribution is -0.146. The fourth-order valence-corrected chi connectivity index (χ4v) is 7.38. The number of anilines is 1. The third-order valence-corrected chi connectivity index (χ3v) is 9.52. The van der Waals surface area contributed by atoms with Crippen LogP contribution in [0.4, 0.5) is 5.69 Å². The maximum Gasteiger partial charge on any atom is 0.247 e. The molecule has 3 aromatic carbocycles. The second kappa shape index (κ2) is 7.82. The van der Waals surface area contributed by atoms with Gasteiger partial charge in [-0.2, -0.15) is 0 Å². The van der Waals surface area contributed by atoms with E-state index in [1.807, 2.05) is 55.5 Å². The quantitative estimate of drug-likeness (QED) is 0.350. The molecule has 8 heteroatoms. The van der Waals surface area contributed by atoms with Gasteiger partial charge in [-0.1, -0.05) is 66.2 Å². The summed E-state index contributed by atoms with van der Waals surface area (Å²) in [6, 6.07) is 18.9. The zero-order chi connectivity index (χ0) is 25.6. The number of alkyl halides is 2. The van der Waals surface area contributed by atoms with E-state index in [-0.39, 0.29) is 0 Å². The third kappa shape index (κ3) is 2.82. The number of halogens is 3. The number of aryl methyl sites for hydroxylation is 1. The van der Waals surface area contributed by atoms with Crippen LogP contribution in [0.15, 0.2) is 66.7 Å². The first-order valence-corrected chi connectivity index (χ1v) is 12.8. The zero-order valence-corrected chi connectivity index (χ0v) is 21.7. The van der Waals surface area contributed by atoms with E-state index in [1.165, 1.54) is 6.92 Å². The van der Waals surface area contributed by atoms with Gasteiger partial charge in [-0.05, 0) is 53.8 Å². The van der Waals surface area contributed by atoms with Gasteiger partial charge >= 0.3 is 0 Å². The van der Waals surface area contributed by atoms with Gasteiger partial charge in [0.15, 0.2) is 0 Å². The van der Waals surface area contributed by atoms with Crippen molar-refractivity contribution in [2.75, 3.05) is 5.32 Å². The maximum absolute atomic E-state index is 14.0. The molecule has 0 aromatic heterocycles. The number of hydrogen-bond acceptors (Lipinski definition) is 3. The second-order valence-electron chi connectivity index (χ2n) is 9.65. The summed E-state index contributed by atoms with van der Waals surface area (Å²) in [4.78, 5) is 39.6. The van der Waals surface area contributed by atoms with E-state index in [0.717, 1.165) is 32.7 Å². The lowest BCUT2D eigenvalue weighted by Crippen LogP contribution is -2.57. The first-order valence-electron chi connectivity index (χ1n) is 11.6. The summed E-state index contributed by atoms with van der Waals surface area (Å²) < 4.78 is 0. The zero-order valence-electron chi connectivity index (χ0n) is 19.4. The number of carbonyl (C=O) groups excluding carboxylic acids is 3. The molecule has 3 amide bonds. The van der Waals surface area contributed by atoms with Crippen LogP contribution in [0.2, 0.25) is 5.02 Å². The number of imide groups is 1. The SMILES string of the molecule is Cc1ccc(NC(=O)[C@H](C)N2C(=O)[C@H]3[C@H](C2=O)C2(Cl)c4ccccc4C3(Cl)c3ccccc32)cc1Cl. The Labute approximate surface area is 223 Å². The number of benzene rings is 3. The van der Waals surface area contributed by atoms with Crippen LogP contribution < -0.4 is 5.32 Å². The van der Waals surface area contributed by atoms with Crippen molar-refractivity contribution in [1.82, 2.24) is 4.90 Å². The molecule has 0 unspecified atom stereocenters. The molecule has 1 N–H and O–H groups in total. The molecule has 2 bridgehead atoms. The van der Waals surface area contributed by atoms with Crippen molar-refractivity contribution >= 4 is 58.2 Å². The normalized spacial score (nSPS) is 28.4. The molecule has 5 nitrogen and oxygen atoms in total. The van der Waals surface area contributed by atoms with Gasteiger partial charge in [0.05, 0.1) is 11.8 Å². The Balaban J connectivity index is 1.43. The van der Waals surface area contributed by atoms with Crippen molar-refractivity contribution in [3.8, 4) is 0 Å². The van der Waals surface area contributed by atoms with Gasteiger partial charge in [0.1, 0.15) is 15.8 Å². The Kier molecular flexibility index (Phi) is 5.11. The van der Waals surface area contributed by atoms with E-state index in [4.69, 9.17) is 34.8 Å². The summed E-state index contributed by atoms with van der Waals surface area (Å²) in [6.45, 7) is 3.39. The molecule has 3 aromatic rings. The molecule has 1 heterocycles.